The Morgan fingerprint density at radius 2 is 2.11 bits per heavy atom. The summed E-state index contributed by atoms with van der Waals surface area (Å²) < 4.78 is 6.44. The van der Waals surface area contributed by atoms with Gasteiger partial charge < -0.3 is 9.73 Å². The van der Waals surface area contributed by atoms with Crippen LogP contribution in [0, 0.1) is 3.77 Å². The highest BCUT2D eigenvalue weighted by Crippen LogP contribution is 2.23. The van der Waals surface area contributed by atoms with Gasteiger partial charge in [-0.25, -0.2) is 0 Å². The van der Waals surface area contributed by atoms with Crippen molar-refractivity contribution in [3.63, 3.8) is 0 Å². The molecule has 0 fully saturated rings. The summed E-state index contributed by atoms with van der Waals surface area (Å²) in [7, 11) is 0. The van der Waals surface area contributed by atoms with Gasteiger partial charge in [-0.2, -0.15) is 0 Å². The summed E-state index contributed by atoms with van der Waals surface area (Å²) in [6.07, 6.45) is 3.68. The lowest BCUT2D eigenvalue weighted by atomic mass is 10.1. The first-order valence-electron chi connectivity index (χ1n) is 5.64. The van der Waals surface area contributed by atoms with Crippen LogP contribution in [0.1, 0.15) is 5.76 Å². The second-order valence-electron chi connectivity index (χ2n) is 3.96. The lowest BCUT2D eigenvalue weighted by molar-refractivity contribution is 0.493. The van der Waals surface area contributed by atoms with Crippen molar-refractivity contribution in [2.45, 2.75) is 6.54 Å². The van der Waals surface area contributed by atoms with Crippen LogP contribution in [0.15, 0.2) is 53.2 Å². The smallest absolute Gasteiger partial charge is 0.164 e. The molecule has 2 aromatic heterocycles. The first-order valence-corrected chi connectivity index (χ1v) is 6.71. The molecule has 4 heteroatoms. The molecule has 0 unspecified atom stereocenters. The van der Waals surface area contributed by atoms with Crippen LogP contribution in [0.3, 0.4) is 0 Å². The zero-order chi connectivity index (χ0) is 12.4. The van der Waals surface area contributed by atoms with Crippen molar-refractivity contribution >= 4 is 39.1 Å². The summed E-state index contributed by atoms with van der Waals surface area (Å²) in [6.45, 7) is 0.685. The molecular formula is C14H11IN2O. The molecule has 2 heterocycles. The van der Waals surface area contributed by atoms with Gasteiger partial charge in [0, 0.05) is 28.9 Å². The third-order valence-corrected chi connectivity index (χ3v) is 3.34. The van der Waals surface area contributed by atoms with Crippen LogP contribution in [0.2, 0.25) is 0 Å². The van der Waals surface area contributed by atoms with Gasteiger partial charge >= 0.3 is 0 Å². The number of benzene rings is 1. The standard InChI is InChI=1S/C14H11IN2O/c15-14-5-4-11(18-14)9-17-13-3-1-2-10-8-16-7-6-12(10)13/h1-8,17H,9H2. The van der Waals surface area contributed by atoms with Gasteiger partial charge in [-0.3, -0.25) is 4.98 Å². The van der Waals surface area contributed by atoms with Crippen LogP contribution in [0.5, 0.6) is 0 Å². The Kier molecular flexibility index (Phi) is 3.19. The highest BCUT2D eigenvalue weighted by molar-refractivity contribution is 14.1. The van der Waals surface area contributed by atoms with Crippen LogP contribution in [-0.2, 0) is 6.54 Å². The van der Waals surface area contributed by atoms with Gasteiger partial charge in [0.25, 0.3) is 0 Å². The molecule has 0 aliphatic heterocycles. The average Bonchev–Trinajstić information content (AvgIpc) is 2.82. The highest BCUT2D eigenvalue weighted by atomic mass is 127. The zero-order valence-corrected chi connectivity index (χ0v) is 11.7. The van der Waals surface area contributed by atoms with Crippen molar-refractivity contribution in [3.05, 3.63) is 58.3 Å². The van der Waals surface area contributed by atoms with Crippen molar-refractivity contribution in [3.8, 4) is 0 Å². The molecule has 0 spiro atoms. The summed E-state index contributed by atoms with van der Waals surface area (Å²) >= 11 is 2.17. The number of halogens is 1. The Morgan fingerprint density at radius 1 is 1.17 bits per heavy atom. The molecule has 0 atom stereocenters. The van der Waals surface area contributed by atoms with E-state index < -0.39 is 0 Å². The van der Waals surface area contributed by atoms with Gasteiger partial charge in [-0.1, -0.05) is 12.1 Å². The minimum Gasteiger partial charge on any atom is -0.454 e. The Hall–Kier alpha value is -1.56. The number of rotatable bonds is 3. The normalized spacial score (nSPS) is 10.7. The molecule has 0 radical (unpaired) electrons. The molecule has 3 rings (SSSR count). The summed E-state index contributed by atoms with van der Waals surface area (Å²) in [5, 5.41) is 5.70. The van der Waals surface area contributed by atoms with E-state index in [4.69, 9.17) is 4.42 Å². The second-order valence-corrected chi connectivity index (χ2v) is 5.02. The van der Waals surface area contributed by atoms with E-state index in [1.165, 1.54) is 5.39 Å². The third kappa shape index (κ3) is 2.33. The van der Waals surface area contributed by atoms with Gasteiger partial charge in [-0.15, -0.1) is 0 Å². The Balaban J connectivity index is 1.86. The molecule has 1 aromatic carbocycles. The van der Waals surface area contributed by atoms with Gasteiger partial charge in [0.2, 0.25) is 0 Å². The SMILES string of the molecule is Ic1ccc(CNc2cccc3cnccc23)o1. The quantitative estimate of drug-likeness (QED) is 0.725. The van der Waals surface area contributed by atoms with E-state index >= 15 is 0 Å². The van der Waals surface area contributed by atoms with Crippen LogP contribution in [-0.4, -0.2) is 4.98 Å². The summed E-state index contributed by atoms with van der Waals surface area (Å²) in [6, 6.07) is 12.1. The molecule has 0 aliphatic carbocycles. The predicted octanol–water partition coefficient (Wildman–Crippen LogP) is 4.04. The van der Waals surface area contributed by atoms with E-state index in [0.717, 1.165) is 20.6 Å². The number of hydrogen-bond donors (Lipinski definition) is 1. The van der Waals surface area contributed by atoms with E-state index in [0.29, 0.717) is 6.54 Å². The van der Waals surface area contributed by atoms with Crippen molar-refractivity contribution < 1.29 is 4.42 Å². The lowest BCUT2D eigenvalue weighted by Crippen LogP contribution is -1.98. The topological polar surface area (TPSA) is 38.1 Å². The van der Waals surface area contributed by atoms with Crippen molar-refractivity contribution in [2.24, 2.45) is 0 Å². The first kappa shape index (κ1) is 11.5. The Morgan fingerprint density at radius 3 is 2.94 bits per heavy atom. The monoisotopic (exact) mass is 350 g/mol. The molecular weight excluding hydrogens is 339 g/mol. The van der Waals surface area contributed by atoms with Crippen LogP contribution < -0.4 is 5.32 Å². The maximum Gasteiger partial charge on any atom is 0.164 e. The van der Waals surface area contributed by atoms with E-state index in [-0.39, 0.29) is 0 Å². The predicted molar refractivity (Wildman–Crippen MR) is 80.5 cm³/mol. The fourth-order valence-electron chi connectivity index (χ4n) is 1.91. The average molecular weight is 350 g/mol. The van der Waals surface area contributed by atoms with E-state index in [1.54, 1.807) is 0 Å². The number of nitrogens with zero attached hydrogens (tertiary/aromatic N) is 1. The van der Waals surface area contributed by atoms with E-state index in [9.17, 15) is 0 Å². The summed E-state index contributed by atoms with van der Waals surface area (Å²) in [5.41, 5.74) is 1.10. The number of aromatic nitrogens is 1. The largest absolute Gasteiger partial charge is 0.454 e. The lowest BCUT2D eigenvalue weighted by Gasteiger charge is -2.07. The van der Waals surface area contributed by atoms with Crippen LogP contribution in [0.25, 0.3) is 10.8 Å². The Bertz CT molecular complexity index is 673. The van der Waals surface area contributed by atoms with Crippen LogP contribution in [0.4, 0.5) is 5.69 Å². The minimum atomic E-state index is 0.685. The van der Waals surface area contributed by atoms with Crippen molar-refractivity contribution in [1.82, 2.24) is 4.98 Å². The number of pyridine rings is 1. The molecule has 0 bridgehead atoms. The fraction of sp³-hybridized carbons (Fsp3) is 0.0714. The number of anilines is 1. The highest BCUT2D eigenvalue weighted by Gasteiger charge is 2.02. The molecule has 3 nitrogen and oxygen atoms in total. The van der Waals surface area contributed by atoms with Crippen LogP contribution >= 0.6 is 22.6 Å². The molecule has 3 aromatic rings. The molecule has 90 valence electrons. The first-order chi connectivity index (χ1) is 8.83. The number of furan rings is 1. The summed E-state index contributed by atoms with van der Waals surface area (Å²) in [5.74, 6) is 0.936. The fourth-order valence-corrected chi connectivity index (χ4v) is 2.37. The molecule has 0 amide bonds. The third-order valence-electron chi connectivity index (χ3n) is 2.76. The minimum absolute atomic E-state index is 0.685. The van der Waals surface area contributed by atoms with E-state index in [2.05, 4.69) is 45.0 Å². The van der Waals surface area contributed by atoms with E-state index in [1.807, 2.05) is 36.7 Å². The molecule has 18 heavy (non-hydrogen) atoms. The van der Waals surface area contributed by atoms with Gasteiger partial charge in [-0.05, 0) is 46.9 Å². The number of fused-ring (bicyclic) bond motifs is 1. The maximum absolute atomic E-state index is 5.53. The zero-order valence-electron chi connectivity index (χ0n) is 9.56. The number of hydrogen-bond acceptors (Lipinski definition) is 3. The molecule has 1 N–H and O–H groups in total. The van der Waals surface area contributed by atoms with Gasteiger partial charge in [0.1, 0.15) is 5.76 Å². The van der Waals surface area contributed by atoms with Gasteiger partial charge in [0.15, 0.2) is 3.77 Å². The van der Waals surface area contributed by atoms with Gasteiger partial charge in [0.05, 0.1) is 6.54 Å². The Labute approximate surface area is 118 Å². The van der Waals surface area contributed by atoms with Crippen molar-refractivity contribution in [1.29, 1.82) is 0 Å². The number of nitrogens with one attached hydrogen (secondary N) is 1. The summed E-state index contributed by atoms with van der Waals surface area (Å²) in [4.78, 5) is 4.13. The maximum atomic E-state index is 5.53. The molecule has 0 saturated carbocycles. The second kappa shape index (κ2) is 4.97. The van der Waals surface area contributed by atoms with Crippen molar-refractivity contribution in [2.75, 3.05) is 5.32 Å². The molecule has 0 saturated heterocycles. The molecule has 0 aliphatic rings.